The summed E-state index contributed by atoms with van der Waals surface area (Å²) >= 11 is -1.73. The molecule has 1 aromatic rings. The Balaban J connectivity index is 2.90. The lowest BCUT2D eigenvalue weighted by Crippen LogP contribution is -2.24. The minimum Gasteiger partial charge on any atom is -0.593 e. The van der Waals surface area contributed by atoms with Gasteiger partial charge in [-0.1, -0.05) is 26.0 Å². The van der Waals surface area contributed by atoms with E-state index in [1.54, 1.807) is 6.08 Å². The van der Waals surface area contributed by atoms with Crippen molar-refractivity contribution in [3.63, 3.8) is 0 Å². The summed E-state index contributed by atoms with van der Waals surface area (Å²) in [6.07, 6.45) is 3.77. The van der Waals surface area contributed by atoms with E-state index in [1.165, 1.54) is 5.69 Å². The van der Waals surface area contributed by atoms with Crippen molar-refractivity contribution in [3.8, 4) is 6.07 Å². The molecule has 0 saturated carbocycles. The first-order chi connectivity index (χ1) is 9.62. The van der Waals surface area contributed by atoms with Gasteiger partial charge >= 0.3 is 0 Å². The second-order valence-electron chi connectivity index (χ2n) is 4.50. The molecule has 0 amide bonds. The van der Waals surface area contributed by atoms with Crippen LogP contribution in [0, 0.1) is 11.3 Å². The number of anilines is 1. The van der Waals surface area contributed by atoms with Gasteiger partial charge in [-0.3, -0.25) is 0 Å². The van der Waals surface area contributed by atoms with E-state index in [0.29, 0.717) is 0 Å². The number of nitrogens with two attached hydrogens (primary N) is 1. The first-order valence-electron chi connectivity index (χ1n) is 6.75. The van der Waals surface area contributed by atoms with Crippen molar-refractivity contribution in [3.05, 3.63) is 34.7 Å². The Morgan fingerprint density at radius 3 is 2.25 bits per heavy atom. The molecular formula is C15H21N3OS. The van der Waals surface area contributed by atoms with Gasteiger partial charge in [0.25, 0.3) is 4.91 Å². The highest BCUT2D eigenvalue weighted by atomic mass is 32.2. The SMILES string of the molecule is CCCN(CCC)c1ccc(/C=C(\C#N)[S+](N)[O-])cc1. The van der Waals surface area contributed by atoms with Crippen molar-refractivity contribution < 1.29 is 4.55 Å². The summed E-state index contributed by atoms with van der Waals surface area (Å²) in [5.41, 5.74) is 2.00. The zero-order valence-corrected chi connectivity index (χ0v) is 12.8. The van der Waals surface area contributed by atoms with Gasteiger partial charge < -0.3 is 9.45 Å². The molecule has 0 radical (unpaired) electrons. The minimum absolute atomic E-state index is 0.0803. The van der Waals surface area contributed by atoms with E-state index in [4.69, 9.17) is 10.4 Å². The highest BCUT2D eigenvalue weighted by Crippen LogP contribution is 2.18. The summed E-state index contributed by atoms with van der Waals surface area (Å²) in [4.78, 5) is 2.41. The molecule has 1 aromatic carbocycles. The fraction of sp³-hybridized carbons (Fsp3) is 0.400. The van der Waals surface area contributed by atoms with Gasteiger partial charge in [0.2, 0.25) is 0 Å². The molecule has 0 heterocycles. The predicted octanol–water partition coefficient (Wildman–Crippen LogP) is 2.80. The van der Waals surface area contributed by atoms with Gasteiger partial charge in [0.15, 0.2) is 6.07 Å². The van der Waals surface area contributed by atoms with E-state index in [1.807, 2.05) is 30.3 Å². The van der Waals surface area contributed by atoms with Gasteiger partial charge in [-0.15, -0.1) is 5.14 Å². The highest BCUT2D eigenvalue weighted by Gasteiger charge is 2.09. The molecule has 0 aliphatic carbocycles. The van der Waals surface area contributed by atoms with E-state index in [9.17, 15) is 4.55 Å². The van der Waals surface area contributed by atoms with E-state index >= 15 is 0 Å². The van der Waals surface area contributed by atoms with Gasteiger partial charge in [0, 0.05) is 24.9 Å². The van der Waals surface area contributed by atoms with Crippen LogP contribution in [-0.4, -0.2) is 17.6 Å². The molecule has 0 aliphatic rings. The molecule has 0 aliphatic heterocycles. The maximum atomic E-state index is 11.1. The predicted molar refractivity (Wildman–Crippen MR) is 85.2 cm³/mol. The zero-order chi connectivity index (χ0) is 15.0. The van der Waals surface area contributed by atoms with Crippen LogP contribution in [0.3, 0.4) is 0 Å². The van der Waals surface area contributed by atoms with E-state index in [2.05, 4.69) is 18.7 Å². The van der Waals surface area contributed by atoms with Crippen molar-refractivity contribution in [2.75, 3.05) is 18.0 Å². The molecule has 0 saturated heterocycles. The van der Waals surface area contributed by atoms with Gasteiger partial charge in [-0.25, -0.2) is 0 Å². The minimum atomic E-state index is -1.73. The normalized spacial score (nSPS) is 12.8. The molecule has 5 heteroatoms. The molecule has 0 spiro atoms. The smallest absolute Gasteiger partial charge is 0.250 e. The number of hydrogen-bond donors (Lipinski definition) is 1. The lowest BCUT2D eigenvalue weighted by Gasteiger charge is -2.23. The molecular weight excluding hydrogens is 270 g/mol. The van der Waals surface area contributed by atoms with E-state index < -0.39 is 11.4 Å². The van der Waals surface area contributed by atoms with Gasteiger partial charge in [0.1, 0.15) is 0 Å². The van der Waals surface area contributed by atoms with Gasteiger partial charge in [-0.05, 0) is 30.5 Å². The largest absolute Gasteiger partial charge is 0.593 e. The summed E-state index contributed by atoms with van der Waals surface area (Å²) in [6, 6.07) is 9.72. The molecule has 4 nitrogen and oxygen atoms in total. The molecule has 0 fully saturated rings. The van der Waals surface area contributed by atoms with Crippen LogP contribution < -0.4 is 10.0 Å². The Morgan fingerprint density at radius 2 is 1.85 bits per heavy atom. The number of hydrogen-bond acceptors (Lipinski definition) is 4. The Hall–Kier alpha value is -1.48. The molecule has 2 N–H and O–H groups in total. The maximum absolute atomic E-state index is 11.1. The first kappa shape index (κ1) is 16.6. The lowest BCUT2D eigenvalue weighted by molar-refractivity contribution is 0.604. The fourth-order valence-electron chi connectivity index (χ4n) is 1.98. The van der Waals surface area contributed by atoms with Gasteiger partial charge in [0.05, 0.1) is 11.4 Å². The summed E-state index contributed by atoms with van der Waals surface area (Å²) in [5, 5.41) is 14.1. The van der Waals surface area contributed by atoms with Crippen LogP contribution in [0.15, 0.2) is 29.2 Å². The number of nitrogens with zero attached hydrogens (tertiary/aromatic N) is 2. The maximum Gasteiger partial charge on any atom is 0.250 e. The van der Waals surface area contributed by atoms with Crippen molar-refractivity contribution in [2.45, 2.75) is 26.7 Å². The molecule has 20 heavy (non-hydrogen) atoms. The quantitative estimate of drug-likeness (QED) is 0.619. The standard InChI is InChI=1S/C15H21N3OS/c1-3-9-18(10-4-2)14-7-5-13(6-8-14)11-15(12-16)20(17)19/h5-8,11H,3-4,9-10,17H2,1-2H3/b15-11+. The van der Waals surface area contributed by atoms with E-state index in [0.717, 1.165) is 31.5 Å². The molecule has 1 atom stereocenters. The zero-order valence-electron chi connectivity index (χ0n) is 12.0. The monoisotopic (exact) mass is 291 g/mol. The highest BCUT2D eigenvalue weighted by molar-refractivity contribution is 7.93. The van der Waals surface area contributed by atoms with Crippen LogP contribution in [0.5, 0.6) is 0 Å². The van der Waals surface area contributed by atoms with Crippen molar-refractivity contribution in [2.24, 2.45) is 5.14 Å². The average molecular weight is 291 g/mol. The second-order valence-corrected chi connectivity index (χ2v) is 5.53. The third-order valence-corrected chi connectivity index (χ3v) is 3.51. The topological polar surface area (TPSA) is 76.1 Å². The Morgan fingerprint density at radius 1 is 1.30 bits per heavy atom. The van der Waals surface area contributed by atoms with Gasteiger partial charge in [-0.2, -0.15) is 5.26 Å². The van der Waals surface area contributed by atoms with Crippen molar-refractivity contribution in [1.82, 2.24) is 0 Å². The van der Waals surface area contributed by atoms with Crippen LogP contribution in [0.4, 0.5) is 5.69 Å². The molecule has 0 aromatic heterocycles. The third-order valence-electron chi connectivity index (χ3n) is 2.87. The van der Waals surface area contributed by atoms with Crippen LogP contribution in [0.2, 0.25) is 0 Å². The summed E-state index contributed by atoms with van der Waals surface area (Å²) < 4.78 is 11.1. The Bertz CT molecular complexity index is 471. The first-order valence-corrected chi connectivity index (χ1v) is 7.96. The average Bonchev–Trinajstić information content (AvgIpc) is 2.45. The third kappa shape index (κ3) is 4.89. The molecule has 0 bridgehead atoms. The number of rotatable bonds is 7. The summed E-state index contributed by atoms with van der Waals surface area (Å²) in [5.74, 6) is 0. The fourth-order valence-corrected chi connectivity index (χ4v) is 2.32. The number of benzene rings is 1. The summed E-state index contributed by atoms with van der Waals surface area (Å²) in [7, 11) is 0. The number of nitriles is 1. The van der Waals surface area contributed by atoms with E-state index in [-0.39, 0.29) is 4.91 Å². The van der Waals surface area contributed by atoms with Crippen LogP contribution >= 0.6 is 0 Å². The van der Waals surface area contributed by atoms with Crippen molar-refractivity contribution in [1.29, 1.82) is 5.26 Å². The van der Waals surface area contributed by atoms with Crippen LogP contribution in [0.1, 0.15) is 32.3 Å². The second kappa shape index (κ2) is 8.64. The lowest BCUT2D eigenvalue weighted by atomic mass is 10.1. The molecule has 1 unspecified atom stereocenters. The number of allylic oxidation sites excluding steroid dienone is 1. The Labute approximate surface area is 124 Å². The van der Waals surface area contributed by atoms with Crippen LogP contribution in [0.25, 0.3) is 6.08 Å². The molecule has 108 valence electrons. The van der Waals surface area contributed by atoms with Crippen molar-refractivity contribution >= 4 is 23.1 Å². The van der Waals surface area contributed by atoms with Crippen LogP contribution in [-0.2, 0) is 11.4 Å². The Kier molecular flexibility index (Phi) is 7.16. The summed E-state index contributed by atoms with van der Waals surface area (Å²) in [6.45, 7) is 6.38. The molecule has 1 rings (SSSR count).